The molecule has 1 atom stereocenters. The van der Waals surface area contributed by atoms with Crippen molar-refractivity contribution in [1.82, 2.24) is 0 Å². The molecule has 0 aliphatic carbocycles. The second kappa shape index (κ2) is 3.86. The van der Waals surface area contributed by atoms with Gasteiger partial charge in [0.1, 0.15) is 0 Å². The summed E-state index contributed by atoms with van der Waals surface area (Å²) in [6.07, 6.45) is 0. The summed E-state index contributed by atoms with van der Waals surface area (Å²) in [7, 11) is 0. The average Bonchev–Trinajstić information content (AvgIpc) is 2.52. The molecule has 0 spiro atoms. The van der Waals surface area contributed by atoms with Crippen LogP contribution in [0.25, 0.3) is 0 Å². The van der Waals surface area contributed by atoms with Crippen molar-refractivity contribution >= 4 is 11.6 Å². The van der Waals surface area contributed by atoms with Crippen LogP contribution in [-0.2, 0) is 10.2 Å². The highest BCUT2D eigenvalue weighted by molar-refractivity contribution is 6.06. The van der Waals surface area contributed by atoms with Gasteiger partial charge in [-0.15, -0.1) is 0 Å². The fourth-order valence-corrected chi connectivity index (χ4v) is 2.41. The molecule has 1 aromatic carbocycles. The Morgan fingerprint density at radius 2 is 1.82 bits per heavy atom. The normalized spacial score (nSPS) is 23.1. The zero-order valence-corrected chi connectivity index (χ0v) is 11.3. The molecule has 0 bridgehead atoms. The Balaban J connectivity index is 2.58. The number of anilines is 1. The Kier molecular flexibility index (Phi) is 2.76. The molecule has 2 heteroatoms. The molecular weight excluding hydrogens is 210 g/mol. The first-order chi connectivity index (χ1) is 7.87. The van der Waals surface area contributed by atoms with Gasteiger partial charge in [0.2, 0.25) is 5.91 Å². The zero-order valence-electron chi connectivity index (χ0n) is 11.3. The quantitative estimate of drug-likeness (QED) is 0.826. The molecule has 0 aromatic heterocycles. The van der Waals surface area contributed by atoms with Gasteiger partial charge >= 0.3 is 0 Å². The molecule has 2 rings (SSSR count). The monoisotopic (exact) mass is 231 g/mol. The van der Waals surface area contributed by atoms with Crippen molar-refractivity contribution in [3.05, 3.63) is 29.3 Å². The van der Waals surface area contributed by atoms with Crippen molar-refractivity contribution < 1.29 is 4.79 Å². The second-order valence-corrected chi connectivity index (χ2v) is 5.77. The van der Waals surface area contributed by atoms with Gasteiger partial charge < -0.3 is 5.32 Å². The van der Waals surface area contributed by atoms with E-state index in [-0.39, 0.29) is 11.3 Å². The molecule has 0 saturated carbocycles. The topological polar surface area (TPSA) is 29.1 Å². The van der Waals surface area contributed by atoms with Crippen LogP contribution in [0.3, 0.4) is 0 Å². The van der Waals surface area contributed by atoms with Gasteiger partial charge in [-0.3, -0.25) is 4.79 Å². The summed E-state index contributed by atoms with van der Waals surface area (Å²) in [5.74, 6) is 0.919. The molecule has 1 aromatic rings. The van der Waals surface area contributed by atoms with Crippen LogP contribution in [0, 0.1) is 5.92 Å². The van der Waals surface area contributed by atoms with Crippen molar-refractivity contribution in [1.29, 1.82) is 0 Å². The minimum Gasteiger partial charge on any atom is -0.325 e. The minimum absolute atomic E-state index is 0.128. The highest BCUT2D eigenvalue weighted by Gasteiger charge is 2.45. The van der Waals surface area contributed by atoms with Gasteiger partial charge in [0.15, 0.2) is 0 Å². The number of hydrogen-bond donors (Lipinski definition) is 1. The SMILES string of the molecule is CC(C)c1ccc2c(c1)C(C)(C(C)C)C(=O)N2. The molecule has 0 radical (unpaired) electrons. The number of fused-ring (bicyclic) bond motifs is 1. The smallest absolute Gasteiger partial charge is 0.235 e. The highest BCUT2D eigenvalue weighted by atomic mass is 16.2. The predicted molar refractivity (Wildman–Crippen MR) is 71.4 cm³/mol. The van der Waals surface area contributed by atoms with E-state index in [0.29, 0.717) is 11.8 Å². The first-order valence-electron chi connectivity index (χ1n) is 6.33. The number of carbonyl (C=O) groups excluding carboxylic acids is 1. The van der Waals surface area contributed by atoms with Gasteiger partial charge in [-0.25, -0.2) is 0 Å². The van der Waals surface area contributed by atoms with E-state index >= 15 is 0 Å². The van der Waals surface area contributed by atoms with Crippen LogP contribution in [0.1, 0.15) is 51.7 Å². The third kappa shape index (κ3) is 1.67. The Hall–Kier alpha value is -1.31. The molecular formula is C15H21NO. The van der Waals surface area contributed by atoms with E-state index in [9.17, 15) is 4.79 Å². The molecule has 0 saturated heterocycles. The van der Waals surface area contributed by atoms with E-state index in [4.69, 9.17) is 0 Å². The Morgan fingerprint density at radius 3 is 2.35 bits per heavy atom. The largest absolute Gasteiger partial charge is 0.325 e. The third-order valence-corrected chi connectivity index (χ3v) is 4.14. The van der Waals surface area contributed by atoms with Gasteiger partial charge in [-0.2, -0.15) is 0 Å². The molecule has 17 heavy (non-hydrogen) atoms. The number of nitrogens with one attached hydrogen (secondary N) is 1. The van der Waals surface area contributed by atoms with Crippen molar-refractivity contribution in [2.75, 3.05) is 5.32 Å². The second-order valence-electron chi connectivity index (χ2n) is 5.77. The Bertz CT molecular complexity index is 462. The molecule has 1 heterocycles. The number of rotatable bonds is 2. The standard InChI is InChI=1S/C15H21NO/c1-9(2)11-6-7-13-12(8-11)15(5,10(3)4)14(17)16-13/h6-10H,1-5H3,(H,16,17). The minimum atomic E-state index is -0.389. The lowest BCUT2D eigenvalue weighted by molar-refractivity contribution is -0.121. The maximum atomic E-state index is 12.2. The van der Waals surface area contributed by atoms with Crippen LogP contribution in [0.5, 0.6) is 0 Å². The lowest BCUT2D eigenvalue weighted by atomic mass is 9.73. The highest BCUT2D eigenvalue weighted by Crippen LogP contribution is 2.43. The molecule has 1 aliphatic rings. The van der Waals surface area contributed by atoms with Crippen LogP contribution >= 0.6 is 0 Å². The summed E-state index contributed by atoms with van der Waals surface area (Å²) in [4.78, 5) is 12.2. The summed E-state index contributed by atoms with van der Waals surface area (Å²) < 4.78 is 0. The summed E-state index contributed by atoms with van der Waals surface area (Å²) in [6, 6.07) is 6.34. The molecule has 92 valence electrons. The van der Waals surface area contributed by atoms with Gasteiger partial charge in [-0.05, 0) is 36.0 Å². The van der Waals surface area contributed by atoms with Crippen molar-refractivity contribution in [2.24, 2.45) is 5.92 Å². The fourth-order valence-electron chi connectivity index (χ4n) is 2.41. The van der Waals surface area contributed by atoms with E-state index in [1.807, 2.05) is 13.0 Å². The van der Waals surface area contributed by atoms with Crippen LogP contribution in [-0.4, -0.2) is 5.91 Å². The number of carbonyl (C=O) groups is 1. The zero-order chi connectivity index (χ0) is 12.8. The molecule has 1 unspecified atom stereocenters. The molecule has 1 amide bonds. The number of hydrogen-bond acceptors (Lipinski definition) is 1. The number of benzene rings is 1. The van der Waals surface area contributed by atoms with Crippen LogP contribution < -0.4 is 5.32 Å². The van der Waals surface area contributed by atoms with Gasteiger partial charge in [0, 0.05) is 5.69 Å². The van der Waals surface area contributed by atoms with Crippen LogP contribution in [0.4, 0.5) is 5.69 Å². The summed E-state index contributed by atoms with van der Waals surface area (Å²) in [5, 5.41) is 3.00. The van der Waals surface area contributed by atoms with Crippen molar-refractivity contribution in [3.63, 3.8) is 0 Å². The van der Waals surface area contributed by atoms with Gasteiger partial charge in [-0.1, -0.05) is 39.8 Å². The first kappa shape index (κ1) is 12.2. The molecule has 1 aliphatic heterocycles. The Morgan fingerprint density at radius 1 is 1.18 bits per heavy atom. The van der Waals surface area contributed by atoms with Gasteiger partial charge in [0.25, 0.3) is 0 Å². The maximum Gasteiger partial charge on any atom is 0.235 e. The summed E-state index contributed by atoms with van der Waals surface area (Å²) in [5.41, 5.74) is 3.05. The van der Waals surface area contributed by atoms with Crippen LogP contribution in [0.15, 0.2) is 18.2 Å². The summed E-state index contributed by atoms with van der Waals surface area (Å²) in [6.45, 7) is 10.6. The lowest BCUT2D eigenvalue weighted by Gasteiger charge is -2.27. The van der Waals surface area contributed by atoms with E-state index in [2.05, 4.69) is 45.1 Å². The van der Waals surface area contributed by atoms with E-state index in [1.165, 1.54) is 5.56 Å². The first-order valence-corrected chi connectivity index (χ1v) is 6.33. The molecule has 1 N–H and O–H groups in total. The lowest BCUT2D eigenvalue weighted by Crippen LogP contribution is -2.36. The Labute approximate surface area is 103 Å². The maximum absolute atomic E-state index is 12.2. The predicted octanol–water partition coefficient (Wildman–Crippen LogP) is 3.68. The van der Waals surface area contributed by atoms with E-state index in [0.717, 1.165) is 11.3 Å². The molecule has 2 nitrogen and oxygen atoms in total. The average molecular weight is 231 g/mol. The van der Waals surface area contributed by atoms with E-state index in [1.54, 1.807) is 0 Å². The number of amides is 1. The van der Waals surface area contributed by atoms with Crippen molar-refractivity contribution in [2.45, 2.75) is 46.0 Å². The summed E-state index contributed by atoms with van der Waals surface area (Å²) >= 11 is 0. The fraction of sp³-hybridized carbons (Fsp3) is 0.533. The van der Waals surface area contributed by atoms with E-state index < -0.39 is 0 Å². The van der Waals surface area contributed by atoms with Crippen LogP contribution in [0.2, 0.25) is 0 Å². The van der Waals surface area contributed by atoms with Gasteiger partial charge in [0.05, 0.1) is 5.41 Å². The molecule has 0 fully saturated rings. The third-order valence-electron chi connectivity index (χ3n) is 4.14. The van der Waals surface area contributed by atoms with Crippen molar-refractivity contribution in [3.8, 4) is 0 Å².